The van der Waals surface area contributed by atoms with Gasteiger partial charge in [0.2, 0.25) is 5.91 Å². The minimum Gasteiger partial charge on any atom is -0.481 e. The van der Waals surface area contributed by atoms with Crippen molar-refractivity contribution in [3.63, 3.8) is 0 Å². The van der Waals surface area contributed by atoms with Crippen LogP contribution in [0.1, 0.15) is 11.1 Å². The third kappa shape index (κ3) is 6.34. The average Bonchev–Trinajstić information content (AvgIpc) is 2.59. The summed E-state index contributed by atoms with van der Waals surface area (Å²) in [7, 11) is 0. The summed E-state index contributed by atoms with van der Waals surface area (Å²) < 4.78 is 42.9. The Hall–Kier alpha value is -2.65. The lowest BCUT2D eigenvalue weighted by Gasteiger charge is -2.08. The van der Waals surface area contributed by atoms with Crippen LogP contribution >= 0.6 is 11.6 Å². The number of amides is 1. The molecule has 0 atom stereocenters. The first kappa shape index (κ1) is 19.7. The number of hydrogen-bond acceptors (Lipinski definition) is 2. The summed E-state index contributed by atoms with van der Waals surface area (Å²) in [5, 5.41) is 3.13. The van der Waals surface area contributed by atoms with Gasteiger partial charge in [0.1, 0.15) is 12.4 Å². The molecule has 0 aliphatic heterocycles. The Kier molecular flexibility index (Phi) is 6.93. The molecule has 0 saturated carbocycles. The van der Waals surface area contributed by atoms with Crippen LogP contribution < -0.4 is 10.1 Å². The highest BCUT2D eigenvalue weighted by molar-refractivity contribution is 6.31. The van der Waals surface area contributed by atoms with Crippen molar-refractivity contribution in [2.45, 2.75) is 12.6 Å². The zero-order chi connectivity index (χ0) is 19.0. The van der Waals surface area contributed by atoms with E-state index in [1.54, 1.807) is 24.3 Å². The molecule has 0 aromatic heterocycles. The highest BCUT2D eigenvalue weighted by Gasteiger charge is 2.30. The molecule has 26 heavy (non-hydrogen) atoms. The van der Waals surface area contributed by atoms with Crippen LogP contribution in [-0.4, -0.2) is 19.1 Å². The Morgan fingerprint density at radius 1 is 1.12 bits per heavy atom. The number of rotatable bonds is 5. The van der Waals surface area contributed by atoms with Crippen LogP contribution in [0.3, 0.4) is 0 Å². The van der Waals surface area contributed by atoms with Gasteiger partial charge in [0.05, 0.1) is 18.5 Å². The molecular formula is C19H15ClF3NO2. The van der Waals surface area contributed by atoms with E-state index in [0.29, 0.717) is 10.6 Å². The van der Waals surface area contributed by atoms with E-state index >= 15 is 0 Å². The summed E-state index contributed by atoms with van der Waals surface area (Å²) in [6, 6.07) is 11.6. The second-order valence-corrected chi connectivity index (χ2v) is 5.62. The molecule has 7 heteroatoms. The fourth-order valence-electron chi connectivity index (χ4n) is 2.02. The molecule has 1 N–H and O–H groups in total. The van der Waals surface area contributed by atoms with Crippen LogP contribution in [0.4, 0.5) is 13.2 Å². The van der Waals surface area contributed by atoms with Crippen molar-refractivity contribution >= 4 is 17.5 Å². The third-order valence-corrected chi connectivity index (χ3v) is 3.65. The number of nitrogens with one attached hydrogen (secondary N) is 1. The van der Waals surface area contributed by atoms with Gasteiger partial charge in [-0.05, 0) is 29.8 Å². The minimum atomic E-state index is -4.42. The number of halogens is 4. The molecule has 3 nitrogen and oxygen atoms in total. The number of ether oxygens (including phenoxy) is 1. The highest BCUT2D eigenvalue weighted by Crippen LogP contribution is 2.31. The smallest absolute Gasteiger partial charge is 0.416 e. The molecule has 2 aromatic carbocycles. The quantitative estimate of drug-likeness (QED) is 0.792. The summed E-state index contributed by atoms with van der Waals surface area (Å²) in [5.41, 5.74) is -0.0673. The molecule has 0 aliphatic rings. The number of carbonyl (C=O) groups is 1. The fourth-order valence-corrected chi connectivity index (χ4v) is 2.22. The van der Waals surface area contributed by atoms with Crippen LogP contribution in [-0.2, 0) is 17.4 Å². The summed E-state index contributed by atoms with van der Waals surface area (Å²) in [5.74, 6) is 5.15. The maximum atomic E-state index is 12.6. The van der Waals surface area contributed by atoms with Gasteiger partial charge < -0.3 is 10.1 Å². The van der Waals surface area contributed by atoms with Crippen LogP contribution in [0.15, 0.2) is 48.5 Å². The molecule has 0 spiro atoms. The van der Waals surface area contributed by atoms with Gasteiger partial charge in [0, 0.05) is 5.02 Å². The van der Waals surface area contributed by atoms with Crippen molar-refractivity contribution in [3.8, 4) is 17.6 Å². The fraction of sp³-hybridized carbons (Fsp3) is 0.211. The Balaban J connectivity index is 1.74. The monoisotopic (exact) mass is 381 g/mol. The molecule has 1 amide bonds. The van der Waals surface area contributed by atoms with Crippen molar-refractivity contribution in [1.82, 2.24) is 5.32 Å². The van der Waals surface area contributed by atoms with Gasteiger partial charge in [0.25, 0.3) is 0 Å². The van der Waals surface area contributed by atoms with Gasteiger partial charge in [-0.15, -0.1) is 0 Å². The molecule has 0 aliphatic carbocycles. The highest BCUT2D eigenvalue weighted by atomic mass is 35.5. The second-order valence-electron chi connectivity index (χ2n) is 5.21. The van der Waals surface area contributed by atoms with Crippen molar-refractivity contribution in [3.05, 3.63) is 64.7 Å². The molecule has 2 aromatic rings. The zero-order valence-electron chi connectivity index (χ0n) is 13.6. The van der Waals surface area contributed by atoms with E-state index in [0.717, 1.165) is 12.1 Å². The maximum Gasteiger partial charge on any atom is 0.416 e. The second kappa shape index (κ2) is 9.16. The normalized spacial score (nSPS) is 10.6. The van der Waals surface area contributed by atoms with E-state index in [9.17, 15) is 18.0 Å². The molecule has 0 bridgehead atoms. The van der Waals surface area contributed by atoms with Gasteiger partial charge >= 0.3 is 6.18 Å². The van der Waals surface area contributed by atoms with E-state index < -0.39 is 11.7 Å². The summed E-state index contributed by atoms with van der Waals surface area (Å²) in [4.78, 5) is 11.8. The standard InChI is InChI=1S/C19H15ClF3NO2/c20-17-9-2-1-6-14(17)12-18(25)24-10-3-4-11-26-16-8-5-7-15(13-16)19(21,22)23/h1-2,5-9,13H,10-12H2,(H,24,25). The maximum absolute atomic E-state index is 12.6. The van der Waals surface area contributed by atoms with Gasteiger partial charge in [-0.2, -0.15) is 13.2 Å². The lowest BCUT2D eigenvalue weighted by molar-refractivity contribution is -0.137. The van der Waals surface area contributed by atoms with Gasteiger partial charge in [-0.25, -0.2) is 0 Å². The lowest BCUT2D eigenvalue weighted by atomic mass is 10.1. The minimum absolute atomic E-state index is 0.0804. The zero-order valence-corrected chi connectivity index (χ0v) is 14.3. The summed E-state index contributed by atoms with van der Waals surface area (Å²) in [6.07, 6.45) is -4.28. The van der Waals surface area contributed by atoms with E-state index in [4.69, 9.17) is 16.3 Å². The third-order valence-electron chi connectivity index (χ3n) is 3.28. The van der Waals surface area contributed by atoms with Gasteiger partial charge in [0.15, 0.2) is 0 Å². The number of benzene rings is 2. The Bertz CT molecular complexity index is 825. The lowest BCUT2D eigenvalue weighted by Crippen LogP contribution is -2.25. The Labute approximate surface area is 154 Å². The van der Waals surface area contributed by atoms with Crippen molar-refractivity contribution in [2.24, 2.45) is 0 Å². The Morgan fingerprint density at radius 2 is 1.88 bits per heavy atom. The van der Waals surface area contributed by atoms with Crippen LogP contribution in [0.2, 0.25) is 5.02 Å². The first-order valence-electron chi connectivity index (χ1n) is 7.62. The van der Waals surface area contributed by atoms with E-state index in [1.807, 2.05) is 0 Å². The van der Waals surface area contributed by atoms with E-state index in [1.165, 1.54) is 12.1 Å². The topological polar surface area (TPSA) is 38.3 Å². The molecule has 0 radical (unpaired) electrons. The first-order chi connectivity index (χ1) is 12.4. The van der Waals surface area contributed by atoms with Crippen molar-refractivity contribution in [2.75, 3.05) is 13.2 Å². The van der Waals surface area contributed by atoms with Gasteiger partial charge in [-0.1, -0.05) is 47.7 Å². The van der Waals surface area contributed by atoms with Gasteiger partial charge in [-0.3, -0.25) is 4.79 Å². The number of carbonyl (C=O) groups excluding carboxylic acids is 1. The molecule has 2 rings (SSSR count). The predicted octanol–water partition coefficient (Wildman–Crippen LogP) is 4.10. The predicted molar refractivity (Wildman–Crippen MR) is 92.9 cm³/mol. The number of alkyl halides is 3. The van der Waals surface area contributed by atoms with Crippen molar-refractivity contribution in [1.29, 1.82) is 0 Å². The largest absolute Gasteiger partial charge is 0.481 e. The molecule has 0 saturated heterocycles. The Morgan fingerprint density at radius 3 is 2.62 bits per heavy atom. The van der Waals surface area contributed by atoms with Crippen molar-refractivity contribution < 1.29 is 22.7 Å². The molecule has 0 fully saturated rings. The summed E-state index contributed by atoms with van der Waals surface area (Å²) in [6.45, 7) is 0.0247. The molecule has 136 valence electrons. The van der Waals surface area contributed by atoms with E-state index in [2.05, 4.69) is 17.2 Å². The van der Waals surface area contributed by atoms with Crippen LogP contribution in [0.25, 0.3) is 0 Å². The first-order valence-corrected chi connectivity index (χ1v) is 8.00. The average molecular weight is 382 g/mol. The molecule has 0 unspecified atom stereocenters. The molecule has 0 heterocycles. The van der Waals surface area contributed by atoms with Crippen LogP contribution in [0, 0.1) is 11.8 Å². The van der Waals surface area contributed by atoms with E-state index in [-0.39, 0.29) is 31.2 Å². The SMILES string of the molecule is O=C(Cc1ccccc1Cl)NCC#CCOc1cccc(C(F)(F)F)c1. The number of hydrogen-bond donors (Lipinski definition) is 1. The molecular weight excluding hydrogens is 367 g/mol. The summed E-state index contributed by atoms with van der Waals surface area (Å²) >= 11 is 5.97. The van der Waals surface area contributed by atoms with Crippen LogP contribution in [0.5, 0.6) is 5.75 Å².